The van der Waals surface area contributed by atoms with E-state index in [0.717, 1.165) is 44.9 Å². The topological polar surface area (TPSA) is 37.3 Å². The Bertz CT molecular complexity index is 257. The van der Waals surface area contributed by atoms with Gasteiger partial charge in [-0.25, -0.2) is 0 Å². The zero-order chi connectivity index (χ0) is 12.0. The van der Waals surface area contributed by atoms with Crippen LogP contribution in [-0.2, 0) is 4.79 Å². The van der Waals surface area contributed by atoms with Crippen LogP contribution in [0.5, 0.6) is 0 Å². The van der Waals surface area contributed by atoms with Crippen LogP contribution in [0.4, 0.5) is 0 Å². The summed E-state index contributed by atoms with van der Waals surface area (Å²) in [5.74, 6) is -0.819. The first-order chi connectivity index (χ1) is 7.66. The van der Waals surface area contributed by atoms with E-state index in [4.69, 9.17) is 0 Å². The van der Waals surface area contributed by atoms with Gasteiger partial charge >= 0.3 is 5.97 Å². The molecule has 0 radical (unpaired) electrons. The second-order valence-corrected chi connectivity index (χ2v) is 4.93. The SMILES string of the molecule is CCCCC1(C(CC)C(=O)O)C=CCCC1. The van der Waals surface area contributed by atoms with Crippen LogP contribution in [0.2, 0.25) is 0 Å². The second-order valence-electron chi connectivity index (χ2n) is 4.93. The molecule has 0 aromatic carbocycles. The minimum absolute atomic E-state index is 0.0607. The molecule has 1 aliphatic carbocycles. The van der Waals surface area contributed by atoms with Crippen LogP contribution in [0, 0.1) is 11.3 Å². The van der Waals surface area contributed by atoms with E-state index in [1.165, 1.54) is 0 Å². The summed E-state index contributed by atoms with van der Waals surface area (Å²) in [7, 11) is 0. The Labute approximate surface area is 98.7 Å². The number of carboxylic acid groups (broad SMARTS) is 1. The fourth-order valence-electron chi connectivity index (χ4n) is 2.96. The molecular weight excluding hydrogens is 200 g/mol. The number of aliphatic carboxylic acids is 1. The molecule has 0 fully saturated rings. The van der Waals surface area contributed by atoms with Crippen LogP contribution in [0.15, 0.2) is 12.2 Å². The van der Waals surface area contributed by atoms with Crippen LogP contribution >= 0.6 is 0 Å². The van der Waals surface area contributed by atoms with E-state index in [0.29, 0.717) is 0 Å². The van der Waals surface area contributed by atoms with Crippen LogP contribution in [0.25, 0.3) is 0 Å². The minimum Gasteiger partial charge on any atom is -0.481 e. The molecule has 0 saturated carbocycles. The van der Waals surface area contributed by atoms with E-state index >= 15 is 0 Å². The predicted molar refractivity (Wildman–Crippen MR) is 66.4 cm³/mol. The molecule has 0 aromatic rings. The Morgan fingerprint density at radius 2 is 2.25 bits per heavy atom. The summed E-state index contributed by atoms with van der Waals surface area (Å²) < 4.78 is 0. The van der Waals surface area contributed by atoms with Crippen molar-refractivity contribution in [3.8, 4) is 0 Å². The molecule has 0 amide bonds. The molecule has 1 N–H and O–H groups in total. The number of carbonyl (C=O) groups is 1. The Balaban J connectivity index is 2.87. The van der Waals surface area contributed by atoms with Crippen LogP contribution in [0.3, 0.4) is 0 Å². The average Bonchev–Trinajstić information content (AvgIpc) is 2.28. The summed E-state index contributed by atoms with van der Waals surface area (Å²) in [6.45, 7) is 4.16. The van der Waals surface area contributed by atoms with Crippen molar-refractivity contribution in [1.29, 1.82) is 0 Å². The lowest BCUT2D eigenvalue weighted by atomic mass is 9.65. The molecule has 1 aliphatic rings. The first kappa shape index (κ1) is 13.3. The maximum Gasteiger partial charge on any atom is 0.307 e. The minimum atomic E-state index is -0.620. The first-order valence-electron chi connectivity index (χ1n) is 6.56. The normalized spacial score (nSPS) is 26.6. The van der Waals surface area contributed by atoms with Crippen LogP contribution in [-0.4, -0.2) is 11.1 Å². The molecule has 2 nitrogen and oxygen atoms in total. The van der Waals surface area contributed by atoms with Gasteiger partial charge < -0.3 is 5.11 Å². The lowest BCUT2D eigenvalue weighted by Gasteiger charge is -2.38. The molecule has 2 heteroatoms. The smallest absolute Gasteiger partial charge is 0.307 e. The van der Waals surface area contributed by atoms with Gasteiger partial charge in [0.25, 0.3) is 0 Å². The predicted octanol–water partition coefficient (Wildman–Crippen LogP) is 4.01. The van der Waals surface area contributed by atoms with Gasteiger partial charge in [0.05, 0.1) is 5.92 Å². The highest BCUT2D eigenvalue weighted by atomic mass is 16.4. The van der Waals surface area contributed by atoms with Crippen molar-refractivity contribution < 1.29 is 9.90 Å². The Morgan fingerprint density at radius 3 is 2.69 bits per heavy atom. The Morgan fingerprint density at radius 1 is 1.50 bits per heavy atom. The number of allylic oxidation sites excluding steroid dienone is 2. The largest absolute Gasteiger partial charge is 0.481 e. The summed E-state index contributed by atoms with van der Waals surface area (Å²) in [6, 6.07) is 0. The van der Waals surface area contributed by atoms with Gasteiger partial charge in [-0.2, -0.15) is 0 Å². The molecule has 92 valence electrons. The van der Waals surface area contributed by atoms with E-state index in [1.807, 2.05) is 6.92 Å². The van der Waals surface area contributed by atoms with Crippen molar-refractivity contribution in [2.75, 3.05) is 0 Å². The first-order valence-corrected chi connectivity index (χ1v) is 6.56. The monoisotopic (exact) mass is 224 g/mol. The second kappa shape index (κ2) is 6.07. The van der Waals surface area contributed by atoms with Gasteiger partial charge in [0.2, 0.25) is 0 Å². The molecule has 1 rings (SSSR count). The third-order valence-electron chi connectivity index (χ3n) is 3.86. The molecule has 0 aliphatic heterocycles. The highest BCUT2D eigenvalue weighted by Gasteiger charge is 2.39. The maximum atomic E-state index is 11.4. The van der Waals surface area contributed by atoms with E-state index < -0.39 is 5.97 Å². The molecule has 0 heterocycles. The van der Waals surface area contributed by atoms with Crippen molar-refractivity contribution in [3.63, 3.8) is 0 Å². The van der Waals surface area contributed by atoms with E-state index in [2.05, 4.69) is 19.1 Å². The van der Waals surface area contributed by atoms with Gasteiger partial charge in [0.15, 0.2) is 0 Å². The molecule has 0 saturated heterocycles. The van der Waals surface area contributed by atoms with Gasteiger partial charge in [-0.05, 0) is 32.1 Å². The zero-order valence-corrected chi connectivity index (χ0v) is 10.5. The van der Waals surface area contributed by atoms with Gasteiger partial charge in [-0.1, -0.05) is 38.8 Å². The molecule has 0 spiro atoms. The van der Waals surface area contributed by atoms with E-state index in [1.54, 1.807) is 0 Å². The molecule has 2 unspecified atom stereocenters. The van der Waals surface area contributed by atoms with Crippen molar-refractivity contribution in [1.82, 2.24) is 0 Å². The third kappa shape index (κ3) is 2.87. The fraction of sp³-hybridized carbons (Fsp3) is 0.786. The van der Waals surface area contributed by atoms with Crippen molar-refractivity contribution in [2.24, 2.45) is 11.3 Å². The maximum absolute atomic E-state index is 11.4. The quantitative estimate of drug-likeness (QED) is 0.692. The summed E-state index contributed by atoms with van der Waals surface area (Å²) in [4.78, 5) is 11.4. The van der Waals surface area contributed by atoms with Gasteiger partial charge in [-0.15, -0.1) is 0 Å². The van der Waals surface area contributed by atoms with Gasteiger partial charge in [-0.3, -0.25) is 4.79 Å². The molecule has 0 aromatic heterocycles. The summed E-state index contributed by atoms with van der Waals surface area (Å²) in [5, 5.41) is 9.36. The number of unbranched alkanes of at least 4 members (excludes halogenated alkanes) is 1. The van der Waals surface area contributed by atoms with E-state index in [-0.39, 0.29) is 11.3 Å². The highest BCUT2D eigenvalue weighted by Crippen LogP contribution is 2.44. The molecular formula is C14H24O2. The molecule has 16 heavy (non-hydrogen) atoms. The summed E-state index contributed by atoms with van der Waals surface area (Å²) in [6.07, 6.45) is 11.7. The number of rotatable bonds is 6. The standard InChI is InChI=1S/C14H24O2/c1-3-5-9-14(10-7-6-8-11-14)12(4-2)13(15)16/h7,10,12H,3-6,8-9,11H2,1-2H3,(H,15,16). The number of hydrogen-bond donors (Lipinski definition) is 1. The molecule has 0 bridgehead atoms. The Hall–Kier alpha value is -0.790. The van der Waals surface area contributed by atoms with Crippen LogP contribution in [0.1, 0.15) is 58.8 Å². The summed E-state index contributed by atoms with van der Waals surface area (Å²) in [5.41, 5.74) is -0.0607. The highest BCUT2D eigenvalue weighted by molar-refractivity contribution is 5.71. The third-order valence-corrected chi connectivity index (χ3v) is 3.86. The summed E-state index contributed by atoms with van der Waals surface area (Å²) >= 11 is 0. The lowest BCUT2D eigenvalue weighted by Crippen LogP contribution is -2.35. The van der Waals surface area contributed by atoms with Gasteiger partial charge in [0, 0.05) is 5.41 Å². The van der Waals surface area contributed by atoms with Crippen molar-refractivity contribution in [3.05, 3.63) is 12.2 Å². The number of hydrogen-bond acceptors (Lipinski definition) is 1. The number of carboxylic acids is 1. The van der Waals surface area contributed by atoms with E-state index in [9.17, 15) is 9.90 Å². The average molecular weight is 224 g/mol. The Kier molecular flexibility index (Phi) is 5.04. The van der Waals surface area contributed by atoms with Crippen LogP contribution < -0.4 is 0 Å². The van der Waals surface area contributed by atoms with Crippen molar-refractivity contribution in [2.45, 2.75) is 58.8 Å². The van der Waals surface area contributed by atoms with Gasteiger partial charge in [0.1, 0.15) is 0 Å². The molecule has 2 atom stereocenters. The van der Waals surface area contributed by atoms with Crippen molar-refractivity contribution >= 4 is 5.97 Å². The zero-order valence-electron chi connectivity index (χ0n) is 10.5. The lowest BCUT2D eigenvalue weighted by molar-refractivity contribution is -0.146. The fourth-order valence-corrected chi connectivity index (χ4v) is 2.96.